The van der Waals surface area contributed by atoms with E-state index in [2.05, 4.69) is 0 Å². The lowest BCUT2D eigenvalue weighted by atomic mass is 10.8. The van der Waals surface area contributed by atoms with Crippen LogP contribution in [0.25, 0.3) is 0 Å². The summed E-state index contributed by atoms with van der Waals surface area (Å²) in [7, 11) is -11.6. The van der Waals surface area contributed by atoms with Crippen molar-refractivity contribution >= 4 is 26.1 Å². The molecule has 8 nitrogen and oxygen atoms in total. The molecule has 0 spiro atoms. The van der Waals surface area contributed by atoms with Gasteiger partial charge in [-0.25, -0.2) is 0 Å². The molecule has 0 aromatic rings. The molecule has 0 aliphatic rings. The van der Waals surface area contributed by atoms with Crippen molar-refractivity contribution in [2.24, 2.45) is 0 Å². The Hall–Kier alpha value is 0.570. The molecule has 0 aliphatic heterocycles. The zero-order valence-electron chi connectivity index (χ0n) is 8.02. The van der Waals surface area contributed by atoms with Crippen LogP contribution < -0.4 is 4.89 Å². The van der Waals surface area contributed by atoms with Gasteiger partial charge in [-0.3, -0.25) is 4.57 Å². The Kier molecular flexibility index (Phi) is 6.30. The van der Waals surface area contributed by atoms with Crippen LogP contribution in [0.1, 0.15) is 0 Å². The molecule has 0 amide bonds. The molecule has 0 bridgehead atoms. The quantitative estimate of drug-likeness (QED) is 0.324. The molecule has 0 aliphatic carbocycles. The highest BCUT2D eigenvalue weighted by Crippen LogP contribution is 2.65. The zero-order valence-corrected chi connectivity index (χ0v) is 10.6. The second-order valence-electron chi connectivity index (χ2n) is 2.97. The Labute approximate surface area is 89.3 Å². The highest BCUT2D eigenvalue weighted by molar-refractivity contribution is 7.96. The van der Waals surface area contributed by atoms with Crippen molar-refractivity contribution in [2.45, 2.75) is 5.08 Å². The van der Waals surface area contributed by atoms with Gasteiger partial charge in [0.25, 0.3) is 5.08 Å². The van der Waals surface area contributed by atoms with Crippen LogP contribution in [0.3, 0.4) is 0 Å². The van der Waals surface area contributed by atoms with Crippen LogP contribution in [-0.4, -0.2) is 48.6 Å². The van der Waals surface area contributed by atoms with Crippen LogP contribution in [0.5, 0.6) is 0 Å². The van der Waals surface area contributed by atoms with Crippen molar-refractivity contribution in [1.29, 1.82) is 0 Å². The van der Waals surface area contributed by atoms with Gasteiger partial charge in [0, 0.05) is 0 Å². The van der Waals surface area contributed by atoms with Crippen molar-refractivity contribution in [3.63, 3.8) is 0 Å². The molecule has 11 heteroatoms. The predicted octanol–water partition coefficient (Wildman–Crippen LogP) is -2.59. The fraction of sp³-hybridized carbons (Fsp3) is 1.00. The van der Waals surface area contributed by atoms with Crippen LogP contribution in [0.4, 0.5) is 0 Å². The van der Waals surface area contributed by atoms with Gasteiger partial charge in [0.15, 0.2) is 13.3 Å². The Morgan fingerprint density at radius 3 is 1.67 bits per heavy atom. The number of rotatable bonds is 4. The lowest BCUT2D eigenvalue weighted by Gasteiger charge is -2.34. The van der Waals surface area contributed by atoms with Crippen LogP contribution in [-0.2, 0) is 20.0 Å². The van der Waals surface area contributed by atoms with E-state index < -0.39 is 36.9 Å². The van der Waals surface area contributed by atoms with Crippen molar-refractivity contribution in [3.05, 3.63) is 0 Å². The minimum atomic E-state index is -5.51. The third kappa shape index (κ3) is 4.14. The highest BCUT2D eigenvalue weighted by Gasteiger charge is 2.57. The van der Waals surface area contributed by atoms with E-state index >= 15 is 0 Å². The van der Waals surface area contributed by atoms with Gasteiger partial charge in [-0.15, -0.1) is 0 Å². The summed E-state index contributed by atoms with van der Waals surface area (Å²) in [6, 6.07) is 0. The summed E-state index contributed by atoms with van der Waals surface area (Å²) in [6.07, 6.45) is 2.96. The van der Waals surface area contributed by atoms with E-state index in [1.165, 1.54) is 12.5 Å². The minimum Gasteiger partial charge on any atom is -0.776 e. The summed E-state index contributed by atoms with van der Waals surface area (Å²) < 4.78 is 21.4. The first-order chi connectivity index (χ1) is 5.92. The third-order valence-electron chi connectivity index (χ3n) is 1.40. The molecular weight excluding hydrogens is 270 g/mol. The second-order valence-corrected chi connectivity index (χ2v) is 9.19. The van der Waals surface area contributed by atoms with Crippen LogP contribution >= 0.6 is 15.2 Å². The standard InChI is InChI=1S/C4H12O7P2S.H2O/c1-14(2)3-4(5,12(6,7)8)13(9,10)11;/h5H,3H2,1-2H3,(H3-,6,7,8,9,10,11);1H2. The Balaban J connectivity index is 0. The molecule has 94 valence electrons. The average Bonchev–Trinajstić information content (AvgIpc) is 1.79. The van der Waals surface area contributed by atoms with E-state index in [1.54, 1.807) is 0 Å². The molecule has 0 aromatic heterocycles. The lowest BCUT2D eigenvalue weighted by molar-refractivity contribution is -0.204. The van der Waals surface area contributed by atoms with Gasteiger partial charge in [-0.2, -0.15) is 0 Å². The number of hydrogen-bond acceptors (Lipinski definition) is 4. The number of aliphatic hydroxyl groups is 1. The van der Waals surface area contributed by atoms with Crippen LogP contribution in [0, 0.1) is 0 Å². The molecule has 1 unspecified atom stereocenters. The van der Waals surface area contributed by atoms with Gasteiger partial charge in [0.2, 0.25) is 0 Å². The summed E-state index contributed by atoms with van der Waals surface area (Å²) in [5.41, 5.74) is 0. The van der Waals surface area contributed by atoms with E-state index in [0.29, 0.717) is 0 Å². The normalized spacial score (nSPS) is 20.3. The first-order valence-corrected chi connectivity index (χ1v) is 8.68. The van der Waals surface area contributed by atoms with Gasteiger partial charge in [0.05, 0.1) is 12.5 Å². The van der Waals surface area contributed by atoms with Crippen molar-refractivity contribution in [3.8, 4) is 0 Å². The maximum atomic E-state index is 10.8. The number of hydrogen-bond donors (Lipinski definition) is 4. The molecule has 15 heavy (non-hydrogen) atoms. The van der Waals surface area contributed by atoms with Gasteiger partial charge in [-0.05, 0) is 10.9 Å². The Morgan fingerprint density at radius 1 is 1.27 bits per heavy atom. The summed E-state index contributed by atoms with van der Waals surface area (Å²) in [5.74, 6) is -0.700. The molecular formula is C4H14O8P2S. The molecule has 0 saturated carbocycles. The smallest absolute Gasteiger partial charge is 0.370 e. The first-order valence-electron chi connectivity index (χ1n) is 3.28. The fourth-order valence-electron chi connectivity index (χ4n) is 0.718. The van der Waals surface area contributed by atoms with Gasteiger partial charge >= 0.3 is 7.60 Å². The Bertz CT molecular complexity index is 269. The zero-order chi connectivity index (χ0) is 11.8. The van der Waals surface area contributed by atoms with Gasteiger partial charge in [0.1, 0.15) is 0 Å². The highest BCUT2D eigenvalue weighted by atomic mass is 32.2. The fourth-order valence-corrected chi connectivity index (χ4v) is 5.68. The second kappa shape index (κ2) is 5.27. The van der Waals surface area contributed by atoms with E-state index in [0.717, 1.165) is 0 Å². The summed E-state index contributed by atoms with van der Waals surface area (Å²) in [5, 5.41) is 5.90. The monoisotopic (exact) mass is 284 g/mol. The summed E-state index contributed by atoms with van der Waals surface area (Å²) in [4.78, 5) is 36.6. The average molecular weight is 284 g/mol. The van der Waals surface area contributed by atoms with E-state index in [9.17, 15) is 19.1 Å². The van der Waals surface area contributed by atoms with Gasteiger partial charge < -0.3 is 34.7 Å². The summed E-state index contributed by atoms with van der Waals surface area (Å²) >= 11 is 0. The van der Waals surface area contributed by atoms with Crippen molar-refractivity contribution in [1.82, 2.24) is 0 Å². The first kappa shape index (κ1) is 17.9. The van der Waals surface area contributed by atoms with E-state index in [1.807, 2.05) is 0 Å². The molecule has 0 heterocycles. The van der Waals surface area contributed by atoms with E-state index in [4.69, 9.17) is 14.7 Å². The van der Waals surface area contributed by atoms with E-state index in [-0.39, 0.29) is 5.48 Å². The summed E-state index contributed by atoms with van der Waals surface area (Å²) in [6.45, 7) is 0. The maximum absolute atomic E-state index is 10.8. The largest absolute Gasteiger partial charge is 0.776 e. The molecule has 2 atom stereocenters. The molecule has 0 saturated heterocycles. The molecule has 0 aromatic carbocycles. The van der Waals surface area contributed by atoms with Gasteiger partial charge in [-0.1, -0.05) is 0 Å². The third-order valence-corrected chi connectivity index (χ3v) is 6.52. The molecule has 6 N–H and O–H groups in total. The van der Waals surface area contributed by atoms with Crippen LogP contribution in [0.15, 0.2) is 0 Å². The van der Waals surface area contributed by atoms with Crippen molar-refractivity contribution in [2.75, 3.05) is 18.3 Å². The maximum Gasteiger partial charge on any atom is 0.370 e. The molecule has 0 radical (unpaired) electrons. The van der Waals surface area contributed by atoms with Crippen molar-refractivity contribution < 1.29 is 39.3 Å². The molecule has 0 fully saturated rings. The molecule has 0 rings (SSSR count). The minimum absolute atomic E-state index is 0. The van der Waals surface area contributed by atoms with Crippen LogP contribution in [0.2, 0.25) is 0 Å². The Morgan fingerprint density at radius 2 is 1.60 bits per heavy atom. The SMILES string of the molecule is C[S+](C)C[C@@](O)(P(=O)([O-])O)P(=O)(O)O.O. The predicted molar refractivity (Wildman–Crippen MR) is 54.5 cm³/mol. The lowest BCUT2D eigenvalue weighted by Crippen LogP contribution is -2.39. The topological polar surface area (TPSA) is 170 Å².